The number of benzene rings is 2. The van der Waals surface area contributed by atoms with Crippen molar-refractivity contribution in [1.82, 2.24) is 4.57 Å². The Kier molecular flexibility index (Phi) is 4.19. The minimum absolute atomic E-state index is 0.0646. The number of carbonyl (C=O) groups is 1. The summed E-state index contributed by atoms with van der Waals surface area (Å²) in [5, 5.41) is 3.46. The fraction of sp³-hybridized carbons (Fsp3) is 0.238. The van der Waals surface area contributed by atoms with Crippen molar-refractivity contribution in [2.75, 3.05) is 5.32 Å². The van der Waals surface area contributed by atoms with E-state index < -0.39 is 11.3 Å². The maximum absolute atomic E-state index is 13.0. The summed E-state index contributed by atoms with van der Waals surface area (Å²) < 4.78 is 7.69. The number of ether oxygens (including phenoxy) is 1. The summed E-state index contributed by atoms with van der Waals surface area (Å²) in [5.74, 6) is 0.155. The number of amides is 1. The van der Waals surface area contributed by atoms with Crippen molar-refractivity contribution < 1.29 is 9.53 Å². The van der Waals surface area contributed by atoms with Gasteiger partial charge in [-0.25, -0.2) is 0 Å². The van der Waals surface area contributed by atoms with Crippen LogP contribution in [0.1, 0.15) is 28.4 Å². The van der Waals surface area contributed by atoms with Crippen molar-refractivity contribution in [3.05, 3.63) is 68.5 Å². The van der Waals surface area contributed by atoms with E-state index in [4.69, 9.17) is 16.3 Å². The highest BCUT2D eigenvalue weighted by molar-refractivity contribution is 6.35. The minimum Gasteiger partial charge on any atom is -0.487 e. The van der Waals surface area contributed by atoms with Crippen molar-refractivity contribution >= 4 is 34.1 Å². The smallest absolute Gasteiger partial charge is 0.261 e. The molecule has 1 aliphatic rings. The molecule has 2 heterocycles. The molecule has 5 nitrogen and oxygen atoms in total. The predicted molar refractivity (Wildman–Crippen MR) is 107 cm³/mol. The minimum atomic E-state index is -0.448. The molecule has 0 aliphatic carbocycles. The molecule has 27 heavy (non-hydrogen) atoms. The topological polar surface area (TPSA) is 60.3 Å². The fourth-order valence-corrected chi connectivity index (χ4v) is 3.88. The van der Waals surface area contributed by atoms with Gasteiger partial charge in [0.1, 0.15) is 17.4 Å². The highest BCUT2D eigenvalue weighted by atomic mass is 35.5. The van der Waals surface area contributed by atoms with Crippen molar-refractivity contribution in [3.8, 4) is 5.75 Å². The van der Waals surface area contributed by atoms with Gasteiger partial charge in [0.15, 0.2) is 0 Å². The molecular weight excluding hydrogens is 364 g/mol. The standard InChI is InChI=1S/C21H19ClN2O3/c1-11-6-12(2)8-14(7-11)23-21(26)15-10-24-9-13(3)27-17-5-4-16(22)18(19(17)24)20(15)25/h4-8,10,13H,9H2,1-3H3,(H,23,26)/t13-/m1/s1. The zero-order chi connectivity index (χ0) is 19.3. The molecule has 1 atom stereocenters. The van der Waals surface area contributed by atoms with Crippen LogP contribution in [-0.4, -0.2) is 16.6 Å². The number of halogens is 1. The van der Waals surface area contributed by atoms with E-state index in [-0.39, 0.29) is 11.7 Å². The normalized spacial score (nSPS) is 15.5. The average Bonchev–Trinajstić information content (AvgIpc) is 2.58. The van der Waals surface area contributed by atoms with E-state index in [0.717, 1.165) is 11.1 Å². The van der Waals surface area contributed by atoms with Gasteiger partial charge in [-0.1, -0.05) is 17.7 Å². The van der Waals surface area contributed by atoms with Crippen LogP contribution >= 0.6 is 11.6 Å². The van der Waals surface area contributed by atoms with Gasteiger partial charge in [-0.05, 0) is 56.2 Å². The first-order valence-corrected chi connectivity index (χ1v) is 9.13. The molecule has 1 aromatic heterocycles. The summed E-state index contributed by atoms with van der Waals surface area (Å²) in [4.78, 5) is 25.9. The monoisotopic (exact) mass is 382 g/mol. The zero-order valence-corrected chi connectivity index (χ0v) is 16.1. The number of nitrogens with zero attached hydrogens (tertiary/aromatic N) is 1. The molecule has 3 aromatic rings. The van der Waals surface area contributed by atoms with Gasteiger partial charge in [-0.3, -0.25) is 9.59 Å². The quantitative estimate of drug-likeness (QED) is 0.718. The molecule has 0 radical (unpaired) electrons. The van der Waals surface area contributed by atoms with Crippen molar-refractivity contribution in [2.24, 2.45) is 0 Å². The number of carbonyl (C=O) groups excluding carboxylic acids is 1. The second-order valence-corrected chi connectivity index (χ2v) is 7.46. The first kappa shape index (κ1) is 17.6. The van der Waals surface area contributed by atoms with Crippen molar-refractivity contribution in [1.29, 1.82) is 0 Å². The molecule has 0 saturated heterocycles. The molecule has 1 amide bonds. The van der Waals surface area contributed by atoms with Crippen molar-refractivity contribution in [3.63, 3.8) is 0 Å². The Morgan fingerprint density at radius 1 is 1.22 bits per heavy atom. The lowest BCUT2D eigenvalue weighted by molar-refractivity contribution is 0.102. The first-order chi connectivity index (χ1) is 12.8. The second-order valence-electron chi connectivity index (χ2n) is 7.05. The Balaban J connectivity index is 1.85. The Morgan fingerprint density at radius 2 is 1.93 bits per heavy atom. The van der Waals surface area contributed by atoms with E-state index in [1.165, 1.54) is 0 Å². The number of aromatic nitrogens is 1. The Labute approximate surface area is 161 Å². The Hall–Kier alpha value is -2.79. The summed E-state index contributed by atoms with van der Waals surface area (Å²) in [6, 6.07) is 9.15. The molecule has 0 spiro atoms. The lowest BCUT2D eigenvalue weighted by Crippen LogP contribution is -2.30. The van der Waals surface area contributed by atoms with Crippen LogP contribution in [0.2, 0.25) is 5.02 Å². The van der Waals surface area contributed by atoms with Crippen LogP contribution in [-0.2, 0) is 6.54 Å². The van der Waals surface area contributed by atoms with E-state index in [9.17, 15) is 9.59 Å². The van der Waals surface area contributed by atoms with Crippen LogP contribution in [0.5, 0.6) is 5.75 Å². The van der Waals surface area contributed by atoms with Gasteiger partial charge >= 0.3 is 0 Å². The molecule has 2 aromatic carbocycles. The van der Waals surface area contributed by atoms with Crippen LogP contribution in [0.15, 0.2) is 41.3 Å². The van der Waals surface area contributed by atoms with Gasteiger partial charge in [0.25, 0.3) is 5.91 Å². The maximum atomic E-state index is 13.0. The zero-order valence-electron chi connectivity index (χ0n) is 15.3. The third kappa shape index (κ3) is 3.08. The third-order valence-electron chi connectivity index (χ3n) is 4.64. The van der Waals surface area contributed by atoms with E-state index in [2.05, 4.69) is 5.32 Å². The molecule has 0 bridgehead atoms. The van der Waals surface area contributed by atoms with Crippen molar-refractivity contribution in [2.45, 2.75) is 33.4 Å². The lowest BCUT2D eigenvalue weighted by atomic mass is 10.1. The number of rotatable bonds is 2. The molecule has 0 fully saturated rings. The largest absolute Gasteiger partial charge is 0.487 e. The number of nitrogens with one attached hydrogen (secondary N) is 1. The Morgan fingerprint density at radius 3 is 2.63 bits per heavy atom. The molecule has 1 aliphatic heterocycles. The van der Waals surface area contributed by atoms with Gasteiger partial charge in [-0.2, -0.15) is 0 Å². The van der Waals surface area contributed by atoms with Crippen LogP contribution in [0, 0.1) is 13.8 Å². The molecule has 138 valence electrons. The highest BCUT2D eigenvalue weighted by Gasteiger charge is 2.24. The Bertz CT molecular complexity index is 1130. The summed E-state index contributed by atoms with van der Waals surface area (Å²) >= 11 is 6.30. The third-order valence-corrected chi connectivity index (χ3v) is 4.96. The van der Waals surface area contributed by atoms with E-state index >= 15 is 0 Å². The van der Waals surface area contributed by atoms with E-state index in [0.29, 0.717) is 33.9 Å². The summed E-state index contributed by atoms with van der Waals surface area (Å²) in [6.45, 7) is 6.39. The van der Waals surface area contributed by atoms with Gasteiger partial charge in [0.05, 0.1) is 22.5 Å². The molecular formula is C21H19ClN2O3. The maximum Gasteiger partial charge on any atom is 0.261 e. The molecule has 0 unspecified atom stereocenters. The van der Waals surface area contributed by atoms with Crippen LogP contribution < -0.4 is 15.5 Å². The van der Waals surface area contributed by atoms with Crippen LogP contribution in [0.25, 0.3) is 10.9 Å². The summed E-state index contributed by atoms with van der Waals surface area (Å²) in [7, 11) is 0. The summed E-state index contributed by atoms with van der Waals surface area (Å²) in [5.41, 5.74) is 3.03. The molecule has 4 rings (SSSR count). The number of hydrogen-bond donors (Lipinski definition) is 1. The average molecular weight is 383 g/mol. The number of pyridine rings is 1. The van der Waals surface area contributed by atoms with Crippen LogP contribution in [0.3, 0.4) is 0 Å². The SMILES string of the molecule is Cc1cc(C)cc(NC(=O)c2cn3c4c(ccc(Cl)c4c2=O)O[C@H](C)C3)c1. The highest BCUT2D eigenvalue weighted by Crippen LogP contribution is 2.33. The van der Waals surface area contributed by atoms with E-state index in [1.54, 1.807) is 18.3 Å². The molecule has 6 heteroatoms. The van der Waals surface area contributed by atoms with Gasteiger partial charge in [0.2, 0.25) is 5.43 Å². The number of aryl methyl sites for hydroxylation is 2. The number of hydrogen-bond acceptors (Lipinski definition) is 3. The second kappa shape index (κ2) is 6.43. The van der Waals surface area contributed by atoms with E-state index in [1.807, 2.05) is 43.5 Å². The number of anilines is 1. The molecule has 1 N–H and O–H groups in total. The lowest BCUT2D eigenvalue weighted by Gasteiger charge is -2.26. The molecule has 0 saturated carbocycles. The fourth-order valence-electron chi connectivity index (χ4n) is 3.64. The van der Waals surface area contributed by atoms with Gasteiger partial charge in [0, 0.05) is 11.9 Å². The first-order valence-electron chi connectivity index (χ1n) is 8.75. The predicted octanol–water partition coefficient (Wildman–Crippen LogP) is 4.30. The van der Waals surface area contributed by atoms with Crippen LogP contribution in [0.4, 0.5) is 5.69 Å². The van der Waals surface area contributed by atoms with Gasteiger partial charge < -0.3 is 14.6 Å². The van der Waals surface area contributed by atoms with Gasteiger partial charge in [-0.15, -0.1) is 0 Å². The summed E-state index contributed by atoms with van der Waals surface area (Å²) in [6.07, 6.45) is 1.53.